The van der Waals surface area contributed by atoms with Gasteiger partial charge in [0.25, 0.3) is 11.8 Å². The van der Waals surface area contributed by atoms with Gasteiger partial charge in [0.2, 0.25) is 5.91 Å². The zero-order valence-corrected chi connectivity index (χ0v) is 14.8. The lowest BCUT2D eigenvalue weighted by Crippen LogP contribution is -2.71. The molecular formula is C18H21N3O5. The van der Waals surface area contributed by atoms with Gasteiger partial charge in [-0.05, 0) is 31.9 Å². The highest BCUT2D eigenvalue weighted by Gasteiger charge is 2.47. The first-order valence-electron chi connectivity index (χ1n) is 8.58. The minimum absolute atomic E-state index is 0.137. The Morgan fingerprint density at radius 2 is 1.85 bits per heavy atom. The minimum Gasteiger partial charge on any atom is -0.497 e. The maximum Gasteiger partial charge on any atom is 0.270 e. The van der Waals surface area contributed by atoms with Crippen molar-refractivity contribution in [3.8, 4) is 5.75 Å². The summed E-state index contributed by atoms with van der Waals surface area (Å²) in [4.78, 5) is 49.4. The number of Topliss-reactive ketones (excluding diaryl/α,β-unsaturated/α-hetero) is 1. The molecule has 2 aliphatic heterocycles. The van der Waals surface area contributed by atoms with Gasteiger partial charge in [0.1, 0.15) is 11.8 Å². The Morgan fingerprint density at radius 3 is 2.58 bits per heavy atom. The number of anilines is 1. The first kappa shape index (κ1) is 17.9. The molecule has 0 bridgehead atoms. The Balaban J connectivity index is 2.04. The van der Waals surface area contributed by atoms with Gasteiger partial charge >= 0.3 is 0 Å². The van der Waals surface area contributed by atoms with E-state index in [1.165, 1.54) is 17.1 Å². The number of fused-ring (bicyclic) bond motifs is 3. The SMILES string of the molecule is COc1ccc2c(c1)N1C(=O)[C@@H](C)N1C(=O)CNC(=O)CCCCC2=O. The molecule has 3 rings (SSSR count). The Bertz CT molecular complexity index is 776. The monoisotopic (exact) mass is 359 g/mol. The Kier molecular flexibility index (Phi) is 4.92. The number of ketones is 1. The quantitative estimate of drug-likeness (QED) is 0.808. The molecule has 1 aromatic carbocycles. The van der Waals surface area contributed by atoms with Gasteiger partial charge in [-0.1, -0.05) is 0 Å². The summed E-state index contributed by atoms with van der Waals surface area (Å²) in [7, 11) is 1.49. The van der Waals surface area contributed by atoms with E-state index in [0.29, 0.717) is 29.8 Å². The molecule has 1 N–H and O–H groups in total. The molecule has 3 amide bonds. The van der Waals surface area contributed by atoms with Crippen molar-refractivity contribution in [2.45, 2.75) is 38.6 Å². The van der Waals surface area contributed by atoms with Crippen LogP contribution in [0.3, 0.4) is 0 Å². The fraction of sp³-hybridized carbons (Fsp3) is 0.444. The van der Waals surface area contributed by atoms with E-state index in [0.717, 1.165) is 0 Å². The van der Waals surface area contributed by atoms with Crippen LogP contribution >= 0.6 is 0 Å². The largest absolute Gasteiger partial charge is 0.497 e. The third kappa shape index (κ3) is 3.14. The summed E-state index contributed by atoms with van der Waals surface area (Å²) in [5, 5.41) is 5.04. The number of nitrogens with one attached hydrogen (secondary N) is 1. The van der Waals surface area contributed by atoms with Gasteiger partial charge < -0.3 is 10.1 Å². The number of rotatable bonds is 1. The highest BCUT2D eigenvalue weighted by molar-refractivity contribution is 6.12. The van der Waals surface area contributed by atoms with Gasteiger partial charge in [-0.15, -0.1) is 0 Å². The number of nitrogens with zero attached hydrogens (tertiary/aromatic N) is 2. The lowest BCUT2D eigenvalue weighted by molar-refractivity contribution is -0.153. The van der Waals surface area contributed by atoms with Crippen molar-refractivity contribution in [2.75, 3.05) is 18.7 Å². The van der Waals surface area contributed by atoms with Crippen molar-refractivity contribution in [1.29, 1.82) is 0 Å². The average molecular weight is 359 g/mol. The number of carbonyl (C=O) groups is 4. The molecule has 0 saturated carbocycles. The summed E-state index contributed by atoms with van der Waals surface area (Å²) >= 11 is 0. The summed E-state index contributed by atoms with van der Waals surface area (Å²) in [5.74, 6) is -0.598. The summed E-state index contributed by atoms with van der Waals surface area (Å²) < 4.78 is 5.21. The fourth-order valence-corrected chi connectivity index (χ4v) is 3.17. The zero-order chi connectivity index (χ0) is 18.8. The molecular weight excluding hydrogens is 338 g/mol. The van der Waals surface area contributed by atoms with Crippen LogP contribution in [0, 0.1) is 0 Å². The van der Waals surface area contributed by atoms with Crippen molar-refractivity contribution in [3.63, 3.8) is 0 Å². The molecule has 8 heteroatoms. The molecule has 0 aromatic heterocycles. The summed E-state index contributed by atoms with van der Waals surface area (Å²) in [6.07, 6.45) is 1.63. The molecule has 2 heterocycles. The molecule has 26 heavy (non-hydrogen) atoms. The van der Waals surface area contributed by atoms with Gasteiger partial charge in [-0.3, -0.25) is 19.2 Å². The van der Waals surface area contributed by atoms with E-state index in [4.69, 9.17) is 4.74 Å². The third-order valence-corrected chi connectivity index (χ3v) is 4.63. The van der Waals surface area contributed by atoms with Crippen LogP contribution in [-0.2, 0) is 14.4 Å². The standard InChI is InChI=1S/C18H21N3O5/c1-11-18(25)21-14-9-12(26-2)7-8-13(14)15(22)5-3-4-6-16(23)19-10-17(24)20(11)21/h7-9,11H,3-6,10H2,1-2H3,(H,19,23)/t11-/m1/s1. The second-order valence-corrected chi connectivity index (χ2v) is 6.35. The molecule has 138 valence electrons. The molecule has 1 saturated heterocycles. The first-order chi connectivity index (χ1) is 12.4. The summed E-state index contributed by atoms with van der Waals surface area (Å²) in [6.45, 7) is 1.42. The maximum absolute atomic E-state index is 12.7. The predicted molar refractivity (Wildman–Crippen MR) is 92.6 cm³/mol. The first-order valence-corrected chi connectivity index (χ1v) is 8.58. The van der Waals surface area contributed by atoms with Crippen LogP contribution in [0.1, 0.15) is 43.0 Å². The Labute approximate surface area is 151 Å². The Morgan fingerprint density at radius 1 is 1.12 bits per heavy atom. The molecule has 0 radical (unpaired) electrons. The summed E-state index contributed by atoms with van der Waals surface area (Å²) in [6, 6.07) is 4.19. The van der Waals surface area contributed by atoms with Crippen LogP contribution in [-0.4, -0.2) is 48.2 Å². The number of carbonyl (C=O) groups excluding carboxylic acids is 4. The van der Waals surface area contributed by atoms with Gasteiger partial charge in [-0.2, -0.15) is 0 Å². The van der Waals surface area contributed by atoms with E-state index in [1.807, 2.05) is 0 Å². The highest BCUT2D eigenvalue weighted by atomic mass is 16.5. The van der Waals surface area contributed by atoms with Crippen LogP contribution in [0.4, 0.5) is 5.69 Å². The molecule has 0 unspecified atom stereocenters. The lowest BCUT2D eigenvalue weighted by atomic mass is 10.0. The number of hydrazine groups is 1. The van der Waals surface area contributed by atoms with Crippen molar-refractivity contribution in [2.24, 2.45) is 0 Å². The van der Waals surface area contributed by atoms with Crippen LogP contribution in [0.2, 0.25) is 0 Å². The molecule has 8 nitrogen and oxygen atoms in total. The van der Waals surface area contributed by atoms with Crippen molar-refractivity contribution >= 4 is 29.2 Å². The van der Waals surface area contributed by atoms with Crippen molar-refractivity contribution in [3.05, 3.63) is 23.8 Å². The molecule has 2 aliphatic rings. The topological polar surface area (TPSA) is 96.0 Å². The van der Waals surface area contributed by atoms with E-state index in [9.17, 15) is 19.2 Å². The minimum atomic E-state index is -0.654. The maximum atomic E-state index is 12.7. The van der Waals surface area contributed by atoms with E-state index in [1.54, 1.807) is 25.1 Å². The van der Waals surface area contributed by atoms with Crippen molar-refractivity contribution in [1.82, 2.24) is 10.3 Å². The van der Waals surface area contributed by atoms with Gasteiger partial charge in [0, 0.05) is 24.5 Å². The smallest absolute Gasteiger partial charge is 0.270 e. The predicted octanol–water partition coefficient (Wildman–Crippen LogP) is 1.05. The van der Waals surface area contributed by atoms with Gasteiger partial charge in [-0.25, -0.2) is 10.0 Å². The second-order valence-electron chi connectivity index (χ2n) is 6.35. The second kappa shape index (κ2) is 7.15. The normalized spacial score (nSPS) is 21.5. The lowest BCUT2D eigenvalue weighted by Gasteiger charge is -2.48. The van der Waals surface area contributed by atoms with Crippen LogP contribution < -0.4 is 15.1 Å². The molecule has 0 aliphatic carbocycles. The Hall–Kier alpha value is -2.90. The van der Waals surface area contributed by atoms with E-state index in [-0.39, 0.29) is 37.0 Å². The highest BCUT2D eigenvalue weighted by Crippen LogP contribution is 2.34. The number of benzene rings is 1. The molecule has 1 atom stereocenters. The van der Waals surface area contributed by atoms with Crippen molar-refractivity contribution < 1.29 is 23.9 Å². The van der Waals surface area contributed by atoms with E-state index >= 15 is 0 Å². The molecule has 1 fully saturated rings. The summed E-state index contributed by atoms with van der Waals surface area (Å²) in [5.41, 5.74) is 0.693. The number of ether oxygens (including phenoxy) is 1. The van der Waals surface area contributed by atoms with Gasteiger partial charge in [0.15, 0.2) is 5.78 Å². The van der Waals surface area contributed by atoms with Gasteiger partial charge in [0.05, 0.1) is 19.3 Å². The van der Waals surface area contributed by atoms with Crippen LogP contribution in [0.25, 0.3) is 0 Å². The molecule has 1 aromatic rings. The molecule has 0 spiro atoms. The van der Waals surface area contributed by atoms with E-state index in [2.05, 4.69) is 5.32 Å². The number of hydrogen-bond donors (Lipinski definition) is 1. The average Bonchev–Trinajstić information content (AvgIpc) is 2.65. The number of hydrogen-bond acceptors (Lipinski definition) is 5. The van der Waals surface area contributed by atoms with Crippen LogP contribution in [0.15, 0.2) is 18.2 Å². The number of methoxy groups -OCH3 is 1. The third-order valence-electron chi connectivity index (χ3n) is 4.63. The zero-order valence-electron chi connectivity index (χ0n) is 14.8. The fourth-order valence-electron chi connectivity index (χ4n) is 3.17. The number of amides is 3. The van der Waals surface area contributed by atoms with Crippen LogP contribution in [0.5, 0.6) is 5.75 Å². The van der Waals surface area contributed by atoms with E-state index < -0.39 is 11.9 Å².